The van der Waals surface area contributed by atoms with Crippen molar-refractivity contribution in [2.45, 2.75) is 46.3 Å². The number of benzene rings is 1. The number of anilines is 1. The highest BCUT2D eigenvalue weighted by molar-refractivity contribution is 5.92. The Morgan fingerprint density at radius 2 is 2.04 bits per heavy atom. The van der Waals surface area contributed by atoms with Crippen molar-refractivity contribution in [2.75, 3.05) is 24.6 Å². The van der Waals surface area contributed by atoms with E-state index in [-0.39, 0.29) is 6.10 Å². The number of rotatable bonds is 5. The van der Waals surface area contributed by atoms with Gasteiger partial charge in [-0.1, -0.05) is 31.5 Å². The van der Waals surface area contributed by atoms with Crippen LogP contribution in [0.15, 0.2) is 36.4 Å². The number of morpholine rings is 1. The second-order valence-corrected chi connectivity index (χ2v) is 7.45. The number of pyridine rings is 1. The van der Waals surface area contributed by atoms with Crippen LogP contribution in [0.2, 0.25) is 0 Å². The fourth-order valence-electron chi connectivity index (χ4n) is 3.96. The van der Waals surface area contributed by atoms with E-state index in [2.05, 4.69) is 64.9 Å². The Balaban J connectivity index is 1.61. The van der Waals surface area contributed by atoms with E-state index < -0.39 is 0 Å². The quantitative estimate of drug-likeness (QED) is 0.688. The summed E-state index contributed by atoms with van der Waals surface area (Å²) < 4.78 is 8.14. The number of hydrogen-bond acceptors (Lipinski definition) is 4. The van der Waals surface area contributed by atoms with Crippen LogP contribution >= 0.6 is 0 Å². The molecule has 5 heteroatoms. The van der Waals surface area contributed by atoms with Gasteiger partial charge in [-0.05, 0) is 38.5 Å². The predicted molar refractivity (Wildman–Crippen MR) is 109 cm³/mol. The van der Waals surface area contributed by atoms with Crippen molar-refractivity contribution in [3.63, 3.8) is 0 Å². The summed E-state index contributed by atoms with van der Waals surface area (Å²) >= 11 is 0. The summed E-state index contributed by atoms with van der Waals surface area (Å²) in [5, 5.41) is 5.82. The molecule has 0 radical (unpaired) electrons. The number of nitrogens with zero attached hydrogens (tertiary/aromatic N) is 4. The second-order valence-electron chi connectivity index (χ2n) is 7.45. The lowest BCUT2D eigenvalue weighted by atomic mass is 10.1. The smallest absolute Gasteiger partial charge is 0.0946 e. The number of para-hydroxylation sites is 1. The maximum Gasteiger partial charge on any atom is 0.0946 e. The van der Waals surface area contributed by atoms with Crippen molar-refractivity contribution in [3.05, 3.63) is 53.5 Å². The Bertz CT molecular complexity index is 933. The molecule has 1 fully saturated rings. The van der Waals surface area contributed by atoms with E-state index in [4.69, 9.17) is 9.72 Å². The minimum Gasteiger partial charge on any atom is -0.373 e. The van der Waals surface area contributed by atoms with Crippen molar-refractivity contribution < 1.29 is 4.74 Å². The molecule has 2 aromatic heterocycles. The lowest BCUT2D eigenvalue weighted by Crippen LogP contribution is -2.44. The van der Waals surface area contributed by atoms with Crippen LogP contribution in [-0.4, -0.2) is 40.6 Å². The number of hydrogen-bond donors (Lipinski definition) is 0. The fraction of sp³-hybridized carbons (Fsp3) is 0.455. The third kappa shape index (κ3) is 3.83. The first-order chi connectivity index (χ1) is 13.1. The third-order valence-corrected chi connectivity index (χ3v) is 5.21. The normalized spacial score (nSPS) is 17.6. The third-order valence-electron chi connectivity index (χ3n) is 5.21. The van der Waals surface area contributed by atoms with Crippen LogP contribution in [0.25, 0.3) is 10.9 Å². The zero-order valence-corrected chi connectivity index (χ0v) is 16.5. The van der Waals surface area contributed by atoms with Gasteiger partial charge in [0, 0.05) is 35.6 Å². The molecule has 1 aliphatic heterocycles. The van der Waals surface area contributed by atoms with Crippen molar-refractivity contribution >= 4 is 16.6 Å². The topological polar surface area (TPSA) is 43.2 Å². The monoisotopic (exact) mass is 364 g/mol. The molecule has 1 aromatic carbocycles. The Morgan fingerprint density at radius 3 is 2.81 bits per heavy atom. The molecule has 4 rings (SSSR count). The van der Waals surface area contributed by atoms with Gasteiger partial charge in [0.15, 0.2) is 0 Å². The molecule has 142 valence electrons. The average Bonchev–Trinajstić information content (AvgIpc) is 2.98. The van der Waals surface area contributed by atoms with E-state index in [1.54, 1.807) is 0 Å². The molecule has 1 saturated heterocycles. The lowest BCUT2D eigenvalue weighted by molar-refractivity contribution is 0.0271. The van der Waals surface area contributed by atoms with Crippen LogP contribution in [-0.2, 0) is 17.7 Å². The maximum atomic E-state index is 6.07. The van der Waals surface area contributed by atoms with Crippen molar-refractivity contribution in [1.82, 2.24) is 14.8 Å². The minimum atomic E-state index is 0.137. The molecule has 3 heterocycles. The van der Waals surface area contributed by atoms with Gasteiger partial charge >= 0.3 is 0 Å². The summed E-state index contributed by atoms with van der Waals surface area (Å²) in [5.41, 5.74) is 5.79. The zero-order chi connectivity index (χ0) is 18.8. The molecular formula is C22H28N4O. The van der Waals surface area contributed by atoms with Crippen LogP contribution in [0.5, 0.6) is 0 Å². The first kappa shape index (κ1) is 18.0. The molecule has 0 spiro atoms. The van der Waals surface area contributed by atoms with Crippen LogP contribution in [0.4, 0.5) is 5.69 Å². The molecule has 0 saturated carbocycles. The molecule has 1 aliphatic rings. The summed E-state index contributed by atoms with van der Waals surface area (Å²) in [6.07, 6.45) is 2.25. The van der Waals surface area contributed by atoms with Gasteiger partial charge in [0.2, 0.25) is 0 Å². The molecule has 0 N–H and O–H groups in total. The highest BCUT2D eigenvalue weighted by Crippen LogP contribution is 2.29. The van der Waals surface area contributed by atoms with Crippen molar-refractivity contribution in [1.29, 1.82) is 0 Å². The number of fused-ring (bicyclic) bond motifs is 1. The van der Waals surface area contributed by atoms with Gasteiger partial charge in [0.25, 0.3) is 0 Å². The summed E-state index contributed by atoms with van der Waals surface area (Å²) in [6, 6.07) is 12.9. The first-order valence-electron chi connectivity index (χ1n) is 9.90. The predicted octanol–water partition coefficient (Wildman–Crippen LogP) is 3.91. The zero-order valence-electron chi connectivity index (χ0n) is 16.5. The summed E-state index contributed by atoms with van der Waals surface area (Å²) in [5.74, 6) is 0. The first-order valence-corrected chi connectivity index (χ1v) is 9.90. The van der Waals surface area contributed by atoms with Gasteiger partial charge in [0.05, 0.1) is 30.5 Å². The van der Waals surface area contributed by atoms with E-state index in [1.165, 1.54) is 22.5 Å². The lowest BCUT2D eigenvalue weighted by Gasteiger charge is -2.35. The largest absolute Gasteiger partial charge is 0.373 e. The van der Waals surface area contributed by atoms with Crippen molar-refractivity contribution in [3.8, 4) is 0 Å². The SMILES string of the molecule is CCCc1cc(N2CCOC(Cn3nc(C)cc3C)C2)c2ccccc2n1. The van der Waals surface area contributed by atoms with Crippen LogP contribution in [0.3, 0.4) is 0 Å². The van der Waals surface area contributed by atoms with Crippen LogP contribution < -0.4 is 4.90 Å². The van der Waals surface area contributed by atoms with Gasteiger partial charge in [-0.3, -0.25) is 9.67 Å². The summed E-state index contributed by atoms with van der Waals surface area (Å²) in [4.78, 5) is 7.31. The van der Waals surface area contributed by atoms with E-state index in [0.29, 0.717) is 0 Å². The summed E-state index contributed by atoms with van der Waals surface area (Å²) in [6.45, 7) is 9.66. The Morgan fingerprint density at radius 1 is 1.19 bits per heavy atom. The van der Waals surface area contributed by atoms with Crippen LogP contribution in [0.1, 0.15) is 30.4 Å². The van der Waals surface area contributed by atoms with Gasteiger partial charge in [0.1, 0.15) is 0 Å². The Labute approximate surface area is 161 Å². The molecule has 1 unspecified atom stereocenters. The Kier molecular flexibility index (Phi) is 5.12. The minimum absolute atomic E-state index is 0.137. The van der Waals surface area contributed by atoms with E-state index in [1.807, 2.05) is 6.92 Å². The molecule has 0 amide bonds. The molecule has 27 heavy (non-hydrogen) atoms. The fourth-order valence-corrected chi connectivity index (χ4v) is 3.96. The molecule has 1 atom stereocenters. The highest BCUT2D eigenvalue weighted by Gasteiger charge is 2.23. The van der Waals surface area contributed by atoms with E-state index >= 15 is 0 Å². The standard InChI is InChI=1S/C22H28N4O/c1-4-7-18-13-22(20-8-5-6-9-21(20)23-18)25-10-11-27-19(14-25)15-26-17(3)12-16(2)24-26/h5-6,8-9,12-13,19H,4,7,10-11,14-15H2,1-3H3. The number of aromatic nitrogens is 3. The maximum absolute atomic E-state index is 6.07. The van der Waals surface area contributed by atoms with Gasteiger partial charge in [-0.15, -0.1) is 0 Å². The van der Waals surface area contributed by atoms with Crippen LogP contribution in [0, 0.1) is 13.8 Å². The summed E-state index contributed by atoms with van der Waals surface area (Å²) in [7, 11) is 0. The van der Waals surface area contributed by atoms with Gasteiger partial charge < -0.3 is 9.64 Å². The molecule has 0 bridgehead atoms. The highest BCUT2D eigenvalue weighted by atomic mass is 16.5. The average molecular weight is 364 g/mol. The Hall–Kier alpha value is -2.40. The van der Waals surface area contributed by atoms with Gasteiger partial charge in [-0.2, -0.15) is 5.10 Å². The van der Waals surface area contributed by atoms with Gasteiger partial charge in [-0.25, -0.2) is 0 Å². The second kappa shape index (κ2) is 7.69. The molecule has 5 nitrogen and oxygen atoms in total. The van der Waals surface area contributed by atoms with Crippen molar-refractivity contribution in [2.24, 2.45) is 0 Å². The van der Waals surface area contributed by atoms with E-state index in [0.717, 1.165) is 50.3 Å². The molecule has 0 aliphatic carbocycles. The molecule has 3 aromatic rings. The van der Waals surface area contributed by atoms with E-state index in [9.17, 15) is 0 Å². The number of ether oxygens (including phenoxy) is 1. The molecular weight excluding hydrogens is 336 g/mol. The number of aryl methyl sites for hydroxylation is 3.